The zero-order valence-corrected chi connectivity index (χ0v) is 16.9. The van der Waals surface area contributed by atoms with E-state index in [1.807, 2.05) is 34.0 Å². The fraction of sp³-hybridized carbons (Fsp3) is 0.474. The second kappa shape index (κ2) is 8.38. The van der Waals surface area contributed by atoms with Gasteiger partial charge in [0.15, 0.2) is 16.8 Å². The number of nitrogen functional groups attached to an aromatic ring is 1. The first-order valence-electron chi connectivity index (χ1n) is 9.09. The van der Waals surface area contributed by atoms with E-state index in [9.17, 15) is 4.79 Å². The van der Waals surface area contributed by atoms with Crippen molar-refractivity contribution < 1.29 is 0 Å². The average molecular weight is 400 g/mol. The number of hydrogen-bond donors (Lipinski definition) is 2. The smallest absolute Gasteiger partial charge is 0.280 e. The topological polar surface area (TPSA) is 133 Å². The van der Waals surface area contributed by atoms with Gasteiger partial charge in [-0.1, -0.05) is 7.43 Å². The molecule has 4 aromatic heterocycles. The molecule has 4 aromatic rings. The van der Waals surface area contributed by atoms with Gasteiger partial charge in [0.2, 0.25) is 5.95 Å². The van der Waals surface area contributed by atoms with Gasteiger partial charge in [0.25, 0.3) is 5.56 Å². The molecule has 4 rings (SSSR count). The molecule has 4 heterocycles. The summed E-state index contributed by atoms with van der Waals surface area (Å²) in [6, 6.07) is 0.586. The lowest BCUT2D eigenvalue weighted by Crippen LogP contribution is -2.12. The number of aryl methyl sites for hydroxylation is 2. The molecular weight excluding hydrogens is 370 g/mol. The van der Waals surface area contributed by atoms with E-state index in [0.29, 0.717) is 17.2 Å². The number of nitrogens with one attached hydrogen (secondary N) is 1. The highest BCUT2D eigenvalue weighted by molar-refractivity contribution is 5.73. The summed E-state index contributed by atoms with van der Waals surface area (Å²) in [6.07, 6.45) is 3.42. The molecule has 156 valence electrons. The quantitative estimate of drug-likeness (QED) is 0.529. The molecule has 0 aromatic carbocycles. The summed E-state index contributed by atoms with van der Waals surface area (Å²) in [5, 5.41) is 0. The molecular formula is C19H29N9O. The largest absolute Gasteiger partial charge is 0.369 e. The Labute approximate surface area is 169 Å². The van der Waals surface area contributed by atoms with Crippen molar-refractivity contribution in [3.63, 3.8) is 0 Å². The van der Waals surface area contributed by atoms with E-state index in [0.717, 1.165) is 22.7 Å². The summed E-state index contributed by atoms with van der Waals surface area (Å²) >= 11 is 0. The molecule has 0 saturated heterocycles. The minimum absolute atomic E-state index is 0. The molecule has 0 fully saturated rings. The van der Waals surface area contributed by atoms with Crippen molar-refractivity contribution >= 4 is 28.3 Å². The van der Waals surface area contributed by atoms with E-state index in [1.54, 1.807) is 10.9 Å². The van der Waals surface area contributed by atoms with E-state index in [4.69, 9.17) is 5.73 Å². The van der Waals surface area contributed by atoms with Crippen LogP contribution in [0.25, 0.3) is 22.3 Å². The van der Waals surface area contributed by atoms with Crippen LogP contribution >= 0.6 is 0 Å². The first-order valence-corrected chi connectivity index (χ1v) is 9.09. The Hall–Kier alpha value is -3.30. The van der Waals surface area contributed by atoms with Gasteiger partial charge in [-0.15, -0.1) is 0 Å². The minimum Gasteiger partial charge on any atom is -0.369 e. The average Bonchev–Trinajstić information content (AvgIpc) is 3.19. The lowest BCUT2D eigenvalue weighted by molar-refractivity contribution is 0.612. The van der Waals surface area contributed by atoms with Gasteiger partial charge in [-0.2, -0.15) is 4.98 Å². The normalized spacial score (nSPS) is 11.0. The van der Waals surface area contributed by atoms with E-state index in [1.165, 1.54) is 0 Å². The monoisotopic (exact) mass is 399 g/mol. The van der Waals surface area contributed by atoms with Gasteiger partial charge in [-0.25, -0.2) is 19.9 Å². The van der Waals surface area contributed by atoms with Crippen LogP contribution in [-0.2, 0) is 0 Å². The van der Waals surface area contributed by atoms with Crippen LogP contribution in [0.4, 0.5) is 5.95 Å². The van der Waals surface area contributed by atoms with Crippen LogP contribution in [0.5, 0.6) is 0 Å². The van der Waals surface area contributed by atoms with Gasteiger partial charge in [-0.05, 0) is 41.5 Å². The fourth-order valence-corrected chi connectivity index (χ4v) is 2.89. The van der Waals surface area contributed by atoms with Crippen LogP contribution in [0.15, 0.2) is 17.4 Å². The summed E-state index contributed by atoms with van der Waals surface area (Å²) in [6.45, 7) is 12.1. The molecule has 0 saturated carbocycles. The Morgan fingerprint density at radius 1 is 0.897 bits per heavy atom. The molecule has 0 atom stereocenters. The lowest BCUT2D eigenvalue weighted by Gasteiger charge is -2.07. The zero-order valence-electron chi connectivity index (χ0n) is 16.9. The number of fused-ring (bicyclic) bond motifs is 2. The molecule has 0 amide bonds. The van der Waals surface area contributed by atoms with Crippen LogP contribution in [-0.4, -0.2) is 39.0 Å². The number of hydrogen-bond acceptors (Lipinski definition) is 7. The van der Waals surface area contributed by atoms with Crippen molar-refractivity contribution in [1.29, 1.82) is 0 Å². The fourth-order valence-electron chi connectivity index (χ4n) is 2.89. The third kappa shape index (κ3) is 4.25. The van der Waals surface area contributed by atoms with Crippen molar-refractivity contribution in [2.24, 2.45) is 0 Å². The van der Waals surface area contributed by atoms with Crippen molar-refractivity contribution in [3.8, 4) is 0 Å². The number of imidazole rings is 2. The Morgan fingerprint density at radius 2 is 1.41 bits per heavy atom. The van der Waals surface area contributed by atoms with Crippen LogP contribution in [0, 0.1) is 13.8 Å². The van der Waals surface area contributed by atoms with Crippen LogP contribution < -0.4 is 11.3 Å². The molecule has 0 aliphatic carbocycles. The molecule has 0 bridgehead atoms. The molecule has 3 N–H and O–H groups in total. The third-order valence-electron chi connectivity index (χ3n) is 4.27. The molecule has 29 heavy (non-hydrogen) atoms. The summed E-state index contributed by atoms with van der Waals surface area (Å²) in [7, 11) is 0. The van der Waals surface area contributed by atoms with Gasteiger partial charge in [0.1, 0.15) is 11.3 Å². The first kappa shape index (κ1) is 22.0. The summed E-state index contributed by atoms with van der Waals surface area (Å²) in [5.41, 5.74) is 8.79. The number of rotatable bonds is 2. The van der Waals surface area contributed by atoms with Crippen molar-refractivity contribution in [2.45, 2.75) is 61.1 Å². The molecule has 0 aliphatic rings. The van der Waals surface area contributed by atoms with E-state index >= 15 is 0 Å². The highest BCUT2D eigenvalue weighted by Crippen LogP contribution is 2.17. The van der Waals surface area contributed by atoms with Gasteiger partial charge >= 0.3 is 0 Å². The van der Waals surface area contributed by atoms with Crippen LogP contribution in [0.1, 0.15) is 58.7 Å². The number of anilines is 1. The molecule has 0 unspecified atom stereocenters. The molecule has 0 aliphatic heterocycles. The van der Waals surface area contributed by atoms with Gasteiger partial charge < -0.3 is 14.9 Å². The standard InChI is InChI=1S/C10H14N4.C8H11N5O.CH4/c1-6(2)14-5-11-9-7(3)12-8(4)13-10(9)14;1-4(2)13-3-10-5-6(13)11-8(9)12-7(5)14;/h5-6H,1-4H3;3-4H,1-2H3,(H3,9,11,12,14);1H4. The molecule has 0 spiro atoms. The number of aromatic amines is 1. The maximum atomic E-state index is 11.4. The maximum Gasteiger partial charge on any atom is 0.280 e. The highest BCUT2D eigenvalue weighted by Gasteiger charge is 2.11. The molecule has 0 radical (unpaired) electrons. The number of nitrogens with two attached hydrogens (primary N) is 1. The van der Waals surface area contributed by atoms with Crippen molar-refractivity contribution in [2.75, 3.05) is 5.73 Å². The Kier molecular flexibility index (Phi) is 6.35. The highest BCUT2D eigenvalue weighted by atomic mass is 16.1. The van der Waals surface area contributed by atoms with Crippen molar-refractivity contribution in [1.82, 2.24) is 39.0 Å². The van der Waals surface area contributed by atoms with Gasteiger partial charge in [0, 0.05) is 12.1 Å². The first-order chi connectivity index (χ1) is 13.2. The van der Waals surface area contributed by atoms with Crippen LogP contribution in [0.2, 0.25) is 0 Å². The minimum atomic E-state index is -0.299. The zero-order chi connectivity index (χ0) is 20.6. The van der Waals surface area contributed by atoms with Crippen LogP contribution in [0.3, 0.4) is 0 Å². The van der Waals surface area contributed by atoms with Gasteiger partial charge in [-0.3, -0.25) is 9.78 Å². The summed E-state index contributed by atoms with van der Waals surface area (Å²) in [5.74, 6) is 0.919. The lowest BCUT2D eigenvalue weighted by atomic mass is 10.3. The predicted octanol–water partition coefficient (Wildman–Crippen LogP) is 2.94. The number of aromatic nitrogens is 8. The van der Waals surface area contributed by atoms with Crippen molar-refractivity contribution in [3.05, 3.63) is 34.5 Å². The Balaban J connectivity index is 0.000000200. The Bertz CT molecular complexity index is 1180. The summed E-state index contributed by atoms with van der Waals surface area (Å²) < 4.78 is 3.87. The number of nitrogens with zero attached hydrogens (tertiary/aromatic N) is 7. The molecule has 10 nitrogen and oxygen atoms in total. The summed E-state index contributed by atoms with van der Waals surface area (Å²) in [4.78, 5) is 34.8. The van der Waals surface area contributed by atoms with Gasteiger partial charge in [0.05, 0.1) is 18.3 Å². The van der Waals surface area contributed by atoms with E-state index in [2.05, 4.69) is 48.3 Å². The maximum absolute atomic E-state index is 11.4. The van der Waals surface area contributed by atoms with E-state index in [-0.39, 0.29) is 25.0 Å². The Morgan fingerprint density at radius 3 is 1.97 bits per heavy atom. The van der Waals surface area contributed by atoms with E-state index < -0.39 is 0 Å². The second-order valence-electron chi connectivity index (χ2n) is 7.14. The second-order valence-corrected chi connectivity index (χ2v) is 7.14. The number of H-pyrrole nitrogens is 1. The SMILES string of the molecule is C.CC(C)n1cnc2c(=O)[nH]c(N)nc21.Cc1nc(C)c2ncn(C(C)C)c2n1. The predicted molar refractivity (Wildman–Crippen MR) is 115 cm³/mol. The molecule has 10 heteroatoms. The third-order valence-corrected chi connectivity index (χ3v) is 4.27.